The van der Waals surface area contributed by atoms with Gasteiger partial charge in [-0.1, -0.05) is 17.7 Å². The summed E-state index contributed by atoms with van der Waals surface area (Å²) in [6, 6.07) is 9.37. The second-order valence-electron chi connectivity index (χ2n) is 3.27. The van der Waals surface area contributed by atoms with Crippen LogP contribution in [0.4, 0.5) is 15.9 Å². The fourth-order valence-electron chi connectivity index (χ4n) is 1.32. The first kappa shape index (κ1) is 11.4. The molecule has 0 atom stereocenters. The lowest BCUT2D eigenvalue weighted by atomic mass is 10.2. The molecule has 0 saturated carbocycles. The van der Waals surface area contributed by atoms with Crippen molar-refractivity contribution in [2.45, 2.75) is 0 Å². The van der Waals surface area contributed by atoms with Crippen LogP contribution in [0, 0.1) is 17.1 Å². The van der Waals surface area contributed by atoms with Gasteiger partial charge in [0.15, 0.2) is 5.82 Å². The summed E-state index contributed by atoms with van der Waals surface area (Å²) in [5.74, 6) is -0.0288. The number of nitriles is 1. The second kappa shape index (κ2) is 4.81. The molecule has 1 heterocycles. The van der Waals surface area contributed by atoms with E-state index in [1.54, 1.807) is 12.1 Å². The highest BCUT2D eigenvalue weighted by Crippen LogP contribution is 2.26. The number of halogens is 2. The number of nitrogens with one attached hydrogen (secondary N) is 1. The minimum absolute atomic E-state index is 0.222. The lowest BCUT2D eigenvalue weighted by Crippen LogP contribution is -1.96. The van der Waals surface area contributed by atoms with Gasteiger partial charge in [-0.2, -0.15) is 5.26 Å². The molecule has 0 bridgehead atoms. The van der Waals surface area contributed by atoms with Crippen molar-refractivity contribution in [1.82, 2.24) is 4.98 Å². The van der Waals surface area contributed by atoms with E-state index in [0.717, 1.165) is 0 Å². The molecule has 3 nitrogen and oxygen atoms in total. The van der Waals surface area contributed by atoms with Gasteiger partial charge in [0.2, 0.25) is 0 Å². The van der Waals surface area contributed by atoms with Gasteiger partial charge in [-0.05, 0) is 24.3 Å². The third-order valence-corrected chi connectivity index (χ3v) is 2.48. The van der Waals surface area contributed by atoms with Crippen molar-refractivity contribution in [3.05, 3.63) is 52.9 Å². The lowest BCUT2D eigenvalue weighted by molar-refractivity contribution is 0.628. The first-order valence-corrected chi connectivity index (χ1v) is 5.15. The molecule has 0 saturated heterocycles. The van der Waals surface area contributed by atoms with Crippen molar-refractivity contribution < 1.29 is 4.39 Å². The van der Waals surface area contributed by atoms with E-state index in [4.69, 9.17) is 16.9 Å². The van der Waals surface area contributed by atoms with Crippen molar-refractivity contribution in [3.63, 3.8) is 0 Å². The Hall–Kier alpha value is -2.12. The summed E-state index contributed by atoms with van der Waals surface area (Å²) in [5, 5.41) is 11.9. The van der Waals surface area contributed by atoms with Crippen LogP contribution >= 0.6 is 11.6 Å². The van der Waals surface area contributed by atoms with E-state index in [9.17, 15) is 4.39 Å². The first-order valence-electron chi connectivity index (χ1n) is 4.78. The smallest absolute Gasteiger partial charge is 0.150 e. The fourth-order valence-corrected chi connectivity index (χ4v) is 1.52. The van der Waals surface area contributed by atoms with Gasteiger partial charge in [-0.25, -0.2) is 9.37 Å². The second-order valence-corrected chi connectivity index (χ2v) is 3.65. The molecular formula is C12H7ClFN3. The number of pyridine rings is 1. The van der Waals surface area contributed by atoms with Crippen molar-refractivity contribution >= 4 is 23.1 Å². The third kappa shape index (κ3) is 2.52. The average molecular weight is 248 g/mol. The van der Waals surface area contributed by atoms with Crippen molar-refractivity contribution in [3.8, 4) is 6.07 Å². The monoisotopic (exact) mass is 247 g/mol. The van der Waals surface area contributed by atoms with Crippen molar-refractivity contribution in [2.24, 2.45) is 0 Å². The van der Waals surface area contributed by atoms with E-state index in [-0.39, 0.29) is 10.8 Å². The van der Waals surface area contributed by atoms with Crippen molar-refractivity contribution in [2.75, 3.05) is 5.32 Å². The fraction of sp³-hybridized carbons (Fsp3) is 0. The topological polar surface area (TPSA) is 48.7 Å². The third-order valence-electron chi connectivity index (χ3n) is 2.10. The molecule has 84 valence electrons. The van der Waals surface area contributed by atoms with Gasteiger partial charge in [0, 0.05) is 11.9 Å². The molecule has 0 unspecified atom stereocenters. The summed E-state index contributed by atoms with van der Waals surface area (Å²) in [5.41, 5.74) is 0.843. The molecule has 1 aromatic carbocycles. The minimum atomic E-state index is -0.359. The van der Waals surface area contributed by atoms with Gasteiger partial charge in [0.05, 0.1) is 5.56 Å². The Labute approximate surface area is 102 Å². The van der Waals surface area contributed by atoms with Crippen LogP contribution in [0.25, 0.3) is 0 Å². The van der Waals surface area contributed by atoms with Crippen LogP contribution in [-0.2, 0) is 0 Å². The van der Waals surface area contributed by atoms with Gasteiger partial charge in [0.25, 0.3) is 0 Å². The average Bonchev–Trinajstić information content (AvgIpc) is 2.32. The summed E-state index contributed by atoms with van der Waals surface area (Å²) in [4.78, 5) is 4.00. The van der Waals surface area contributed by atoms with Crippen LogP contribution in [-0.4, -0.2) is 4.98 Å². The molecule has 0 aliphatic carbocycles. The highest BCUT2D eigenvalue weighted by Gasteiger charge is 2.07. The maximum absolute atomic E-state index is 13.0. The molecule has 1 aromatic heterocycles. The van der Waals surface area contributed by atoms with E-state index in [0.29, 0.717) is 17.1 Å². The number of rotatable bonds is 2. The lowest BCUT2D eigenvalue weighted by Gasteiger charge is -2.07. The Morgan fingerprint density at radius 1 is 1.35 bits per heavy atom. The van der Waals surface area contributed by atoms with Gasteiger partial charge < -0.3 is 5.32 Å². The van der Waals surface area contributed by atoms with Crippen LogP contribution in [0.5, 0.6) is 0 Å². The maximum Gasteiger partial charge on any atom is 0.150 e. The molecule has 1 N–H and O–H groups in total. The van der Waals surface area contributed by atoms with Gasteiger partial charge in [-0.3, -0.25) is 0 Å². The van der Waals surface area contributed by atoms with E-state index in [1.165, 1.54) is 24.4 Å². The Kier molecular flexibility index (Phi) is 3.22. The molecule has 17 heavy (non-hydrogen) atoms. The van der Waals surface area contributed by atoms with Gasteiger partial charge in [-0.15, -0.1) is 0 Å². The standard InChI is InChI=1S/C12H7ClFN3/c13-11-8(7-15)4-5-16-12(11)17-10-3-1-2-9(14)6-10/h1-6H,(H,16,17). The molecule has 2 aromatic rings. The number of hydrogen-bond acceptors (Lipinski definition) is 3. The molecule has 0 fully saturated rings. The SMILES string of the molecule is N#Cc1ccnc(Nc2cccc(F)c2)c1Cl. The molecule has 0 radical (unpaired) electrons. The Morgan fingerprint density at radius 3 is 2.88 bits per heavy atom. The highest BCUT2D eigenvalue weighted by molar-refractivity contribution is 6.34. The Bertz CT molecular complexity index is 593. The molecule has 0 aliphatic rings. The number of anilines is 2. The zero-order valence-corrected chi connectivity index (χ0v) is 9.37. The normalized spacial score (nSPS) is 9.71. The molecule has 2 rings (SSSR count). The van der Waals surface area contributed by atoms with E-state index < -0.39 is 0 Å². The predicted octanol–water partition coefficient (Wildman–Crippen LogP) is 3.49. The van der Waals surface area contributed by atoms with Gasteiger partial charge >= 0.3 is 0 Å². The number of aromatic nitrogens is 1. The summed E-state index contributed by atoms with van der Waals surface area (Å²) in [7, 11) is 0. The molecule has 5 heteroatoms. The molecule has 0 amide bonds. The molecule has 0 spiro atoms. The largest absolute Gasteiger partial charge is 0.339 e. The summed E-state index contributed by atoms with van der Waals surface area (Å²) < 4.78 is 13.0. The summed E-state index contributed by atoms with van der Waals surface area (Å²) in [6.07, 6.45) is 1.46. The quantitative estimate of drug-likeness (QED) is 0.884. The van der Waals surface area contributed by atoms with Crippen LogP contribution in [0.3, 0.4) is 0 Å². The number of hydrogen-bond donors (Lipinski definition) is 1. The van der Waals surface area contributed by atoms with Crippen LogP contribution < -0.4 is 5.32 Å². The molecule has 0 aliphatic heterocycles. The van der Waals surface area contributed by atoms with Crippen LogP contribution in [0.15, 0.2) is 36.5 Å². The zero-order chi connectivity index (χ0) is 12.3. The Morgan fingerprint density at radius 2 is 2.18 bits per heavy atom. The summed E-state index contributed by atoms with van der Waals surface area (Å²) in [6.45, 7) is 0. The van der Waals surface area contributed by atoms with E-state index >= 15 is 0 Å². The number of benzene rings is 1. The van der Waals surface area contributed by atoms with E-state index in [1.807, 2.05) is 6.07 Å². The van der Waals surface area contributed by atoms with Gasteiger partial charge in [0.1, 0.15) is 16.9 Å². The highest BCUT2D eigenvalue weighted by atomic mass is 35.5. The Balaban J connectivity index is 2.34. The number of nitrogens with zero attached hydrogens (tertiary/aromatic N) is 2. The predicted molar refractivity (Wildman–Crippen MR) is 63.6 cm³/mol. The first-order chi connectivity index (χ1) is 8.20. The zero-order valence-electron chi connectivity index (χ0n) is 8.61. The van der Waals surface area contributed by atoms with Crippen LogP contribution in [0.2, 0.25) is 5.02 Å². The molecular weight excluding hydrogens is 241 g/mol. The summed E-state index contributed by atoms with van der Waals surface area (Å²) >= 11 is 5.96. The maximum atomic E-state index is 13.0. The van der Waals surface area contributed by atoms with Crippen LogP contribution in [0.1, 0.15) is 5.56 Å². The van der Waals surface area contributed by atoms with E-state index in [2.05, 4.69) is 10.3 Å². The minimum Gasteiger partial charge on any atom is -0.339 e. The van der Waals surface area contributed by atoms with Crippen molar-refractivity contribution in [1.29, 1.82) is 5.26 Å².